The second-order valence-electron chi connectivity index (χ2n) is 7.38. The molecule has 32 heavy (non-hydrogen) atoms. The molecule has 0 fully saturated rings. The minimum atomic E-state index is -4.56. The van der Waals surface area contributed by atoms with Crippen LogP contribution in [0.2, 0.25) is 0 Å². The molecule has 1 N–H and O–H groups in total. The van der Waals surface area contributed by atoms with Crippen molar-refractivity contribution < 1.29 is 18.0 Å². The maximum Gasteiger partial charge on any atom is 0.418 e. The lowest BCUT2D eigenvalue weighted by atomic mass is 9.97. The van der Waals surface area contributed by atoms with Gasteiger partial charge < -0.3 is 5.32 Å². The van der Waals surface area contributed by atoms with Crippen LogP contribution >= 0.6 is 23.1 Å². The number of carbonyl (C=O) groups is 1. The van der Waals surface area contributed by atoms with Gasteiger partial charge in [0.15, 0.2) is 0 Å². The highest BCUT2D eigenvalue weighted by Gasteiger charge is 2.33. The summed E-state index contributed by atoms with van der Waals surface area (Å²) < 4.78 is 41.2. The second kappa shape index (κ2) is 9.50. The Hall–Kier alpha value is -2.59. The number of alkyl halides is 3. The highest BCUT2D eigenvalue weighted by atomic mass is 32.2. The summed E-state index contributed by atoms with van der Waals surface area (Å²) in [4.78, 5) is 30.4. The molecule has 0 saturated heterocycles. The van der Waals surface area contributed by atoms with E-state index >= 15 is 0 Å². The monoisotopic (exact) mass is 479 g/mol. The summed E-state index contributed by atoms with van der Waals surface area (Å²) in [6.45, 7) is 0.464. The van der Waals surface area contributed by atoms with E-state index < -0.39 is 17.6 Å². The maximum atomic E-state index is 13.2. The van der Waals surface area contributed by atoms with Gasteiger partial charge in [0.05, 0.1) is 23.5 Å². The van der Waals surface area contributed by atoms with Gasteiger partial charge in [-0.3, -0.25) is 9.36 Å². The molecule has 1 amide bonds. The number of carbonyl (C=O) groups excluding carboxylic acids is 1. The minimum absolute atomic E-state index is 0.139. The predicted octanol–water partition coefficient (Wildman–Crippen LogP) is 4.98. The number of hydrogen-bond acceptors (Lipinski definition) is 5. The number of halogens is 3. The van der Waals surface area contributed by atoms with Crippen LogP contribution in [0.3, 0.4) is 0 Å². The molecule has 0 unspecified atom stereocenters. The molecule has 2 heterocycles. The zero-order valence-corrected chi connectivity index (χ0v) is 18.6. The molecule has 4 rings (SSSR count). The molecule has 0 atom stereocenters. The Balaban J connectivity index is 1.52. The molecule has 0 bridgehead atoms. The molecule has 3 aromatic rings. The molecule has 0 saturated carbocycles. The van der Waals surface area contributed by atoms with Crippen LogP contribution in [0.4, 0.5) is 18.9 Å². The van der Waals surface area contributed by atoms with E-state index in [-0.39, 0.29) is 17.1 Å². The smallest absolute Gasteiger partial charge is 0.325 e. The summed E-state index contributed by atoms with van der Waals surface area (Å²) in [6, 6.07) is 8.76. The molecule has 168 valence electrons. The number of hydrogen-bond donors (Lipinski definition) is 1. The quantitative estimate of drug-likeness (QED) is 0.400. The second-order valence-corrected chi connectivity index (χ2v) is 9.37. The topological polar surface area (TPSA) is 64.0 Å². The van der Waals surface area contributed by atoms with Crippen molar-refractivity contribution in [2.45, 2.75) is 43.4 Å². The lowest BCUT2D eigenvalue weighted by Gasteiger charge is -2.22. The summed E-state index contributed by atoms with van der Waals surface area (Å²) in [6.07, 6.45) is -1.11. The third-order valence-electron chi connectivity index (χ3n) is 5.19. The van der Waals surface area contributed by atoms with Gasteiger partial charge in [-0.25, -0.2) is 4.79 Å². The minimum Gasteiger partial charge on any atom is -0.325 e. The van der Waals surface area contributed by atoms with Crippen LogP contribution in [0.1, 0.15) is 34.5 Å². The van der Waals surface area contributed by atoms with Crippen LogP contribution in [0.5, 0.6) is 0 Å². The Bertz CT molecular complexity index is 1170. The van der Waals surface area contributed by atoms with E-state index in [2.05, 4.69) is 10.3 Å². The van der Waals surface area contributed by atoms with Crippen LogP contribution in [-0.4, -0.2) is 21.2 Å². The van der Waals surface area contributed by atoms with Gasteiger partial charge >= 0.3 is 11.9 Å². The lowest BCUT2D eigenvalue weighted by molar-refractivity contribution is -0.137. The van der Waals surface area contributed by atoms with Gasteiger partial charge in [0.1, 0.15) is 5.03 Å². The van der Waals surface area contributed by atoms with Crippen molar-refractivity contribution in [3.8, 4) is 0 Å². The van der Waals surface area contributed by atoms with E-state index in [4.69, 9.17) is 0 Å². The average Bonchev–Trinajstić information content (AvgIpc) is 3.27. The van der Waals surface area contributed by atoms with E-state index in [1.807, 2.05) is 17.5 Å². The molecule has 1 aromatic carbocycles. The Morgan fingerprint density at radius 1 is 1.16 bits per heavy atom. The van der Waals surface area contributed by atoms with Crippen LogP contribution in [0.15, 0.2) is 51.6 Å². The standard InChI is InChI=1S/C22H20F3N3O2S2/c23-22(24,25)16-8-2-3-9-17(16)26-19(29)13-32-20-15-7-1-4-10-18(15)28(21(30)27-20)12-14-6-5-11-31-14/h2-3,5-6,8-9,11H,1,4,7,10,12-13H2,(H,26,29). The van der Waals surface area contributed by atoms with Crippen molar-refractivity contribution in [2.24, 2.45) is 0 Å². The number of fused-ring (bicyclic) bond motifs is 1. The normalized spacial score (nSPS) is 13.6. The molecule has 0 aliphatic heterocycles. The predicted molar refractivity (Wildman–Crippen MR) is 119 cm³/mol. The first-order valence-corrected chi connectivity index (χ1v) is 11.9. The Labute approximate surface area is 190 Å². The summed E-state index contributed by atoms with van der Waals surface area (Å²) in [5.74, 6) is -0.721. The van der Waals surface area contributed by atoms with E-state index in [1.165, 1.54) is 18.2 Å². The van der Waals surface area contributed by atoms with Gasteiger partial charge in [0, 0.05) is 16.1 Å². The maximum absolute atomic E-state index is 13.2. The van der Waals surface area contributed by atoms with Crippen molar-refractivity contribution >= 4 is 34.7 Å². The number of rotatable bonds is 6. The highest BCUT2D eigenvalue weighted by molar-refractivity contribution is 8.00. The molecule has 0 spiro atoms. The first kappa shape index (κ1) is 22.6. The number of nitrogens with zero attached hydrogens (tertiary/aromatic N) is 2. The molecular weight excluding hydrogens is 459 g/mol. The molecule has 10 heteroatoms. The molecule has 1 aliphatic carbocycles. The largest absolute Gasteiger partial charge is 0.418 e. The van der Waals surface area contributed by atoms with Crippen molar-refractivity contribution in [1.29, 1.82) is 0 Å². The van der Waals surface area contributed by atoms with Crippen LogP contribution in [-0.2, 0) is 30.4 Å². The summed E-state index contributed by atoms with van der Waals surface area (Å²) in [5, 5.41) is 4.78. The Kier molecular flexibility index (Phi) is 6.71. The zero-order valence-electron chi connectivity index (χ0n) is 16.9. The molecular formula is C22H20F3N3O2S2. The zero-order chi connectivity index (χ0) is 22.7. The van der Waals surface area contributed by atoms with Crippen molar-refractivity contribution in [2.75, 3.05) is 11.1 Å². The number of para-hydroxylation sites is 1. The van der Waals surface area contributed by atoms with Gasteiger partial charge in [-0.05, 0) is 49.3 Å². The molecule has 1 aliphatic rings. The van der Waals surface area contributed by atoms with E-state index in [9.17, 15) is 22.8 Å². The van der Waals surface area contributed by atoms with E-state index in [0.717, 1.165) is 59.6 Å². The van der Waals surface area contributed by atoms with Crippen molar-refractivity contribution in [3.05, 3.63) is 74.0 Å². The fourth-order valence-electron chi connectivity index (χ4n) is 3.75. The third kappa shape index (κ3) is 5.07. The number of benzene rings is 1. The van der Waals surface area contributed by atoms with Gasteiger partial charge in [0.2, 0.25) is 5.91 Å². The first-order valence-electron chi connectivity index (χ1n) is 10.1. The number of amides is 1. The first-order chi connectivity index (χ1) is 15.3. The number of nitrogens with one attached hydrogen (secondary N) is 1. The lowest BCUT2D eigenvalue weighted by Crippen LogP contribution is -2.30. The number of thiophene rings is 1. The number of thioether (sulfide) groups is 1. The highest BCUT2D eigenvalue weighted by Crippen LogP contribution is 2.35. The fraction of sp³-hybridized carbons (Fsp3) is 0.318. The summed E-state index contributed by atoms with van der Waals surface area (Å²) in [5.41, 5.74) is 0.345. The summed E-state index contributed by atoms with van der Waals surface area (Å²) >= 11 is 2.66. The van der Waals surface area contributed by atoms with Crippen LogP contribution < -0.4 is 11.0 Å². The molecule has 2 aromatic heterocycles. The van der Waals surface area contributed by atoms with Crippen molar-refractivity contribution in [1.82, 2.24) is 9.55 Å². The SMILES string of the molecule is O=C(CSc1nc(=O)n(Cc2cccs2)c2c1CCCC2)Nc1ccccc1C(F)(F)F. The van der Waals surface area contributed by atoms with Gasteiger partial charge in [0.25, 0.3) is 0 Å². The Morgan fingerprint density at radius 3 is 2.69 bits per heavy atom. The van der Waals surface area contributed by atoms with E-state index in [0.29, 0.717) is 11.6 Å². The third-order valence-corrected chi connectivity index (χ3v) is 7.07. The Morgan fingerprint density at radius 2 is 1.94 bits per heavy atom. The summed E-state index contributed by atoms with van der Waals surface area (Å²) in [7, 11) is 0. The molecule has 5 nitrogen and oxygen atoms in total. The number of anilines is 1. The van der Waals surface area contributed by atoms with E-state index in [1.54, 1.807) is 15.9 Å². The van der Waals surface area contributed by atoms with Gasteiger partial charge in [-0.15, -0.1) is 11.3 Å². The van der Waals surface area contributed by atoms with Gasteiger partial charge in [-0.2, -0.15) is 18.2 Å². The van der Waals surface area contributed by atoms with Crippen LogP contribution in [0, 0.1) is 0 Å². The average molecular weight is 480 g/mol. The number of aromatic nitrogens is 2. The van der Waals surface area contributed by atoms with Gasteiger partial charge in [-0.1, -0.05) is 30.0 Å². The fourth-order valence-corrected chi connectivity index (χ4v) is 5.32. The van der Waals surface area contributed by atoms with Crippen molar-refractivity contribution in [3.63, 3.8) is 0 Å². The van der Waals surface area contributed by atoms with Crippen LogP contribution in [0.25, 0.3) is 0 Å². The molecule has 0 radical (unpaired) electrons.